The van der Waals surface area contributed by atoms with E-state index in [0.717, 1.165) is 12.0 Å². The quantitative estimate of drug-likeness (QED) is 0.535. The molecule has 0 N–H and O–H groups in total. The van der Waals surface area contributed by atoms with Gasteiger partial charge in [0.15, 0.2) is 5.78 Å². The number of carbonyl (C=O) groups is 1. The van der Waals surface area contributed by atoms with Crippen molar-refractivity contribution >= 4 is 5.78 Å². The Bertz CT molecular complexity index is 428. The third-order valence-corrected chi connectivity index (χ3v) is 2.75. The van der Waals surface area contributed by atoms with Crippen LogP contribution in [-0.2, 0) is 6.42 Å². The molecule has 3 nitrogen and oxygen atoms in total. The first-order valence-corrected chi connectivity index (χ1v) is 5.75. The van der Waals surface area contributed by atoms with Gasteiger partial charge in [-0.3, -0.25) is 4.79 Å². The molecule has 1 heterocycles. The van der Waals surface area contributed by atoms with Crippen LogP contribution >= 0.6 is 0 Å². The zero-order valence-corrected chi connectivity index (χ0v) is 12.1. The van der Waals surface area contributed by atoms with Crippen LogP contribution in [0.1, 0.15) is 22.8 Å². The van der Waals surface area contributed by atoms with E-state index in [4.69, 9.17) is 0 Å². The van der Waals surface area contributed by atoms with Gasteiger partial charge in [0.25, 0.3) is 0 Å². The molecule has 95 valence electrons. The SMILES string of the molecule is CCc1ccc(C(=O)CN2[C+]N(C)C=C2)cc1.[Br-]. The van der Waals surface area contributed by atoms with Crippen molar-refractivity contribution in [2.75, 3.05) is 13.6 Å². The van der Waals surface area contributed by atoms with Crippen molar-refractivity contribution in [3.63, 3.8) is 0 Å². The zero-order valence-electron chi connectivity index (χ0n) is 10.6. The average molecular weight is 308 g/mol. The van der Waals surface area contributed by atoms with E-state index in [1.54, 1.807) is 9.80 Å². The predicted molar refractivity (Wildman–Crippen MR) is 67.0 cm³/mol. The molecule has 1 radical (unpaired) electrons. The Balaban J connectivity index is 0.00000162. The van der Waals surface area contributed by atoms with Crippen molar-refractivity contribution in [2.45, 2.75) is 13.3 Å². The van der Waals surface area contributed by atoms with Crippen molar-refractivity contribution in [3.8, 4) is 0 Å². The van der Waals surface area contributed by atoms with E-state index >= 15 is 0 Å². The maximum atomic E-state index is 12.0. The zero-order chi connectivity index (χ0) is 12.3. The van der Waals surface area contributed by atoms with Crippen molar-refractivity contribution < 1.29 is 21.8 Å². The van der Waals surface area contributed by atoms with Gasteiger partial charge in [-0.05, 0) is 12.0 Å². The van der Waals surface area contributed by atoms with Crippen molar-refractivity contribution in [2.24, 2.45) is 0 Å². The highest BCUT2D eigenvalue weighted by Crippen LogP contribution is 2.11. The first kappa shape index (κ1) is 14.6. The fourth-order valence-corrected chi connectivity index (χ4v) is 1.71. The van der Waals surface area contributed by atoms with E-state index in [1.807, 2.05) is 43.7 Å². The Kier molecular flexibility index (Phi) is 5.28. The molecule has 4 heteroatoms. The highest BCUT2D eigenvalue weighted by Gasteiger charge is 2.29. The molecule has 1 aromatic rings. The van der Waals surface area contributed by atoms with E-state index in [9.17, 15) is 4.79 Å². The molecule has 0 amide bonds. The highest BCUT2D eigenvalue weighted by atomic mass is 79.9. The number of benzene rings is 1. The Morgan fingerprint density at radius 3 is 2.39 bits per heavy atom. The number of rotatable bonds is 4. The lowest BCUT2D eigenvalue weighted by atomic mass is 10.1. The minimum atomic E-state index is 0. The van der Waals surface area contributed by atoms with Gasteiger partial charge in [0.1, 0.15) is 6.54 Å². The first-order valence-electron chi connectivity index (χ1n) is 5.75. The van der Waals surface area contributed by atoms with Crippen molar-refractivity contribution in [3.05, 3.63) is 54.5 Å². The van der Waals surface area contributed by atoms with Gasteiger partial charge in [-0.2, -0.15) is 0 Å². The highest BCUT2D eigenvalue weighted by molar-refractivity contribution is 5.97. The maximum Gasteiger partial charge on any atom is 0.564 e. The lowest BCUT2D eigenvalue weighted by molar-refractivity contribution is -0.0000115. The third kappa shape index (κ3) is 3.53. The van der Waals surface area contributed by atoms with Crippen LogP contribution in [0.15, 0.2) is 36.7 Å². The summed E-state index contributed by atoms with van der Waals surface area (Å²) in [7, 11) is 1.89. The van der Waals surface area contributed by atoms with Crippen LogP contribution in [0.4, 0.5) is 0 Å². The standard InChI is InChI=1S/C14H16N2O.BrH/c1-3-12-4-6-13(7-5-12)14(17)10-16-9-8-15(2)11-16;/h4-9H,3,10H2,1-2H3;1H/q+1;/p-1. The third-order valence-electron chi connectivity index (χ3n) is 2.75. The monoisotopic (exact) mass is 307 g/mol. The molecular weight excluding hydrogens is 292 g/mol. The summed E-state index contributed by atoms with van der Waals surface area (Å²) in [6.45, 7) is 5.45. The van der Waals surface area contributed by atoms with Crippen LogP contribution in [0.5, 0.6) is 0 Å². The van der Waals surface area contributed by atoms with Gasteiger partial charge in [0.2, 0.25) is 0 Å². The average Bonchev–Trinajstić information content (AvgIpc) is 2.75. The molecule has 0 aliphatic carbocycles. The van der Waals surface area contributed by atoms with Gasteiger partial charge >= 0.3 is 6.67 Å². The molecule has 18 heavy (non-hydrogen) atoms. The van der Waals surface area contributed by atoms with Crippen LogP contribution in [0.3, 0.4) is 0 Å². The largest absolute Gasteiger partial charge is 1.00 e. The number of hydrogen-bond donors (Lipinski definition) is 0. The molecule has 1 aliphatic heterocycles. The summed E-state index contributed by atoms with van der Waals surface area (Å²) in [6, 6.07) is 7.80. The minimum Gasteiger partial charge on any atom is -1.00 e. The summed E-state index contributed by atoms with van der Waals surface area (Å²) < 4.78 is 0. The Morgan fingerprint density at radius 1 is 1.22 bits per heavy atom. The van der Waals surface area contributed by atoms with Crippen LogP contribution in [0.25, 0.3) is 0 Å². The Hall–Kier alpha value is -1.42. The normalized spacial score (nSPS) is 13.2. The molecule has 0 bridgehead atoms. The number of ketones is 1. The summed E-state index contributed by atoms with van der Waals surface area (Å²) >= 11 is 0. The molecule has 1 aromatic carbocycles. The molecule has 0 saturated carbocycles. The summed E-state index contributed by atoms with van der Waals surface area (Å²) in [5, 5.41) is 0. The summed E-state index contributed by atoms with van der Waals surface area (Å²) in [4.78, 5) is 15.5. The van der Waals surface area contributed by atoms with E-state index in [1.165, 1.54) is 5.56 Å². The van der Waals surface area contributed by atoms with Gasteiger partial charge in [0.05, 0.1) is 19.4 Å². The van der Waals surface area contributed by atoms with Gasteiger partial charge in [-0.1, -0.05) is 31.2 Å². The molecule has 1 aliphatic rings. The predicted octanol–water partition coefficient (Wildman–Crippen LogP) is -0.849. The van der Waals surface area contributed by atoms with Crippen molar-refractivity contribution in [1.82, 2.24) is 9.80 Å². The second-order valence-corrected chi connectivity index (χ2v) is 4.11. The summed E-state index contributed by atoms with van der Waals surface area (Å²) in [5.74, 6) is 0.111. The lowest BCUT2D eigenvalue weighted by Gasteiger charge is -2.03. The molecular formula is C14H16BrN2O. The minimum absolute atomic E-state index is 0. The first-order chi connectivity index (χ1) is 8.19. The second kappa shape index (κ2) is 6.50. The van der Waals surface area contributed by atoms with Gasteiger partial charge < -0.3 is 17.0 Å². The van der Waals surface area contributed by atoms with Gasteiger partial charge in [0, 0.05) is 5.56 Å². The number of Topliss-reactive ketones (excluding diaryl/α,β-unsaturated/α-hetero) is 1. The number of hydrogen-bond acceptors (Lipinski definition) is 3. The van der Waals surface area contributed by atoms with Gasteiger partial charge in [-0.25, -0.2) is 0 Å². The lowest BCUT2D eigenvalue weighted by Crippen LogP contribution is -3.00. The van der Waals surface area contributed by atoms with Crippen LogP contribution in [-0.4, -0.2) is 29.2 Å². The summed E-state index contributed by atoms with van der Waals surface area (Å²) in [5.41, 5.74) is 2.01. The molecule has 0 atom stereocenters. The summed E-state index contributed by atoms with van der Waals surface area (Å²) in [6.07, 6.45) is 4.71. The molecule has 0 saturated heterocycles. The van der Waals surface area contributed by atoms with Gasteiger partial charge in [-0.15, -0.1) is 9.80 Å². The van der Waals surface area contributed by atoms with E-state index in [-0.39, 0.29) is 22.8 Å². The Labute approximate surface area is 119 Å². The van der Waals surface area contributed by atoms with Crippen molar-refractivity contribution in [1.29, 1.82) is 0 Å². The smallest absolute Gasteiger partial charge is 0.564 e. The molecule has 0 fully saturated rings. The topological polar surface area (TPSA) is 23.6 Å². The molecule has 0 spiro atoms. The fraction of sp³-hybridized carbons (Fsp3) is 0.286. The molecule has 2 rings (SSSR count). The van der Waals surface area contributed by atoms with Crippen LogP contribution in [0.2, 0.25) is 0 Å². The number of carbonyl (C=O) groups excluding carboxylic acids is 1. The van der Waals surface area contributed by atoms with Crippen LogP contribution in [0, 0.1) is 6.67 Å². The number of nitrogens with zero attached hydrogens (tertiary/aromatic N) is 2. The number of aryl methyl sites for hydroxylation is 1. The Morgan fingerprint density at radius 2 is 1.89 bits per heavy atom. The van der Waals surface area contributed by atoms with E-state index in [2.05, 4.69) is 13.6 Å². The number of halogens is 1. The molecule has 0 unspecified atom stereocenters. The van der Waals surface area contributed by atoms with E-state index < -0.39 is 0 Å². The second-order valence-electron chi connectivity index (χ2n) is 4.11. The fourth-order valence-electron chi connectivity index (χ4n) is 1.71. The van der Waals surface area contributed by atoms with Crippen LogP contribution < -0.4 is 17.0 Å². The molecule has 0 aromatic heterocycles. The van der Waals surface area contributed by atoms with E-state index in [0.29, 0.717) is 6.54 Å². The maximum absolute atomic E-state index is 12.0.